The van der Waals surface area contributed by atoms with E-state index in [9.17, 15) is 18.0 Å². The number of nitrogens with zero attached hydrogens (tertiary/aromatic N) is 4. The van der Waals surface area contributed by atoms with Crippen LogP contribution in [0.15, 0.2) is 85.3 Å². The smallest absolute Gasteiger partial charge is 0.416 e. The van der Waals surface area contributed by atoms with E-state index in [1.807, 2.05) is 19.1 Å². The maximum absolute atomic E-state index is 13.0. The molecule has 39 heavy (non-hydrogen) atoms. The van der Waals surface area contributed by atoms with E-state index in [2.05, 4.69) is 30.6 Å². The van der Waals surface area contributed by atoms with Crippen molar-refractivity contribution in [2.75, 3.05) is 10.6 Å². The zero-order chi connectivity index (χ0) is 27.4. The molecule has 0 radical (unpaired) electrons. The minimum atomic E-state index is -4.52. The van der Waals surface area contributed by atoms with E-state index in [-0.39, 0.29) is 5.69 Å². The number of fused-ring (bicyclic) bond motifs is 1. The van der Waals surface area contributed by atoms with Gasteiger partial charge in [-0.05, 0) is 42.5 Å². The molecule has 2 aromatic heterocycles. The molecule has 0 spiro atoms. The molecule has 3 aromatic carbocycles. The summed E-state index contributed by atoms with van der Waals surface area (Å²) in [4.78, 5) is 29.9. The number of amides is 2. The first-order valence-electron chi connectivity index (χ1n) is 11.9. The van der Waals surface area contributed by atoms with Crippen molar-refractivity contribution in [1.29, 1.82) is 0 Å². The van der Waals surface area contributed by atoms with Crippen LogP contribution in [0, 0.1) is 0 Å². The van der Waals surface area contributed by atoms with Gasteiger partial charge in [0.1, 0.15) is 17.9 Å². The Morgan fingerprint density at radius 3 is 2.51 bits per heavy atom. The molecule has 0 atom stereocenters. The lowest BCUT2D eigenvalue weighted by Gasteiger charge is -2.15. The van der Waals surface area contributed by atoms with Gasteiger partial charge in [-0.15, -0.1) is 0 Å². The zero-order valence-corrected chi connectivity index (χ0v) is 20.5. The number of aryl methyl sites for hydroxylation is 1. The second kappa shape index (κ2) is 10.7. The predicted molar refractivity (Wildman–Crippen MR) is 141 cm³/mol. The number of alkyl halides is 3. The SMILES string of the molecule is CCc1ncnc(-c2cccnc2Oc2ccc(NC(=O)Nc3cccc(C(F)(F)F)c3)c3ccccc23)n1. The van der Waals surface area contributed by atoms with E-state index in [4.69, 9.17) is 4.74 Å². The van der Waals surface area contributed by atoms with Gasteiger partial charge < -0.3 is 15.4 Å². The highest BCUT2D eigenvalue weighted by molar-refractivity contribution is 6.07. The van der Waals surface area contributed by atoms with Crippen LogP contribution < -0.4 is 15.4 Å². The number of rotatable bonds is 6. The molecule has 0 aliphatic heterocycles. The van der Waals surface area contributed by atoms with Crippen molar-refractivity contribution in [2.45, 2.75) is 19.5 Å². The number of aromatic nitrogens is 4. The third kappa shape index (κ3) is 5.77. The highest BCUT2D eigenvalue weighted by Gasteiger charge is 2.30. The Balaban J connectivity index is 1.42. The molecule has 196 valence electrons. The number of carbonyl (C=O) groups excluding carboxylic acids is 1. The maximum Gasteiger partial charge on any atom is 0.416 e. The Morgan fingerprint density at radius 2 is 1.72 bits per heavy atom. The summed E-state index contributed by atoms with van der Waals surface area (Å²) in [6.45, 7) is 1.95. The Kier molecular flexibility index (Phi) is 7.04. The summed E-state index contributed by atoms with van der Waals surface area (Å²) in [6, 6.07) is 17.8. The van der Waals surface area contributed by atoms with Crippen molar-refractivity contribution < 1.29 is 22.7 Å². The van der Waals surface area contributed by atoms with E-state index < -0.39 is 17.8 Å². The molecule has 11 heteroatoms. The second-order valence-corrected chi connectivity index (χ2v) is 8.35. The number of hydrogen-bond acceptors (Lipinski definition) is 6. The summed E-state index contributed by atoms with van der Waals surface area (Å²) in [5, 5.41) is 6.48. The number of benzene rings is 3. The number of halogens is 3. The first kappa shape index (κ1) is 25.6. The standard InChI is InChI=1S/C28H21F3N6O2/c1-2-24-33-16-34-25(37-24)21-11-6-14-32-26(21)39-23-13-12-22(19-9-3-4-10-20(19)23)36-27(38)35-18-8-5-7-17(15-18)28(29,30)31/h3-16H,2H2,1H3,(H2,35,36,38). The van der Waals surface area contributed by atoms with Crippen molar-refractivity contribution in [1.82, 2.24) is 19.9 Å². The second-order valence-electron chi connectivity index (χ2n) is 8.35. The van der Waals surface area contributed by atoms with E-state index in [1.165, 1.54) is 18.5 Å². The van der Waals surface area contributed by atoms with Gasteiger partial charge in [-0.3, -0.25) is 0 Å². The first-order chi connectivity index (χ1) is 18.8. The Morgan fingerprint density at radius 1 is 0.897 bits per heavy atom. The van der Waals surface area contributed by atoms with E-state index in [0.29, 0.717) is 51.7 Å². The summed E-state index contributed by atoms with van der Waals surface area (Å²) >= 11 is 0. The average molecular weight is 531 g/mol. The lowest BCUT2D eigenvalue weighted by molar-refractivity contribution is -0.137. The number of nitrogens with one attached hydrogen (secondary N) is 2. The van der Waals surface area contributed by atoms with Gasteiger partial charge in [0.15, 0.2) is 5.82 Å². The number of pyridine rings is 1. The fourth-order valence-corrected chi connectivity index (χ4v) is 3.90. The van der Waals surface area contributed by atoms with Crippen LogP contribution in [0.2, 0.25) is 0 Å². The molecule has 2 N–H and O–H groups in total. The average Bonchev–Trinajstić information content (AvgIpc) is 2.94. The minimum absolute atomic E-state index is 0.0128. The fraction of sp³-hybridized carbons (Fsp3) is 0.107. The van der Waals surface area contributed by atoms with Crippen LogP contribution in [-0.4, -0.2) is 26.0 Å². The summed E-state index contributed by atoms with van der Waals surface area (Å²) in [5.74, 6) is 1.83. The van der Waals surface area contributed by atoms with Crippen LogP contribution in [0.4, 0.5) is 29.3 Å². The van der Waals surface area contributed by atoms with Crippen LogP contribution in [0.25, 0.3) is 22.2 Å². The van der Waals surface area contributed by atoms with Gasteiger partial charge >= 0.3 is 12.2 Å². The first-order valence-corrected chi connectivity index (χ1v) is 11.9. The van der Waals surface area contributed by atoms with Gasteiger partial charge in [-0.2, -0.15) is 13.2 Å². The molecule has 5 rings (SSSR count). The number of carbonyl (C=O) groups is 1. The van der Waals surface area contributed by atoms with Crippen molar-refractivity contribution in [3.8, 4) is 23.0 Å². The van der Waals surface area contributed by atoms with Crippen LogP contribution >= 0.6 is 0 Å². The highest BCUT2D eigenvalue weighted by Crippen LogP contribution is 2.36. The quantitative estimate of drug-likeness (QED) is 0.243. The van der Waals surface area contributed by atoms with Gasteiger partial charge in [0.2, 0.25) is 5.88 Å². The largest absolute Gasteiger partial charge is 0.438 e. The summed E-state index contributed by atoms with van der Waals surface area (Å²) in [5.41, 5.74) is 0.179. The van der Waals surface area contributed by atoms with Crippen molar-refractivity contribution in [3.63, 3.8) is 0 Å². The molecule has 0 unspecified atom stereocenters. The Bertz CT molecular complexity index is 1660. The number of anilines is 2. The number of hydrogen-bond donors (Lipinski definition) is 2. The van der Waals surface area contributed by atoms with Gasteiger partial charge in [0.05, 0.1) is 16.8 Å². The fourth-order valence-electron chi connectivity index (χ4n) is 3.90. The monoisotopic (exact) mass is 530 g/mol. The maximum atomic E-state index is 13.0. The van der Waals surface area contributed by atoms with Crippen LogP contribution in [0.1, 0.15) is 18.3 Å². The third-order valence-corrected chi connectivity index (χ3v) is 5.74. The summed E-state index contributed by atoms with van der Waals surface area (Å²) < 4.78 is 45.3. The zero-order valence-electron chi connectivity index (χ0n) is 20.5. The molecule has 0 bridgehead atoms. The lowest BCUT2D eigenvalue weighted by Crippen LogP contribution is -2.20. The molecule has 2 amide bonds. The van der Waals surface area contributed by atoms with Gasteiger partial charge in [0.25, 0.3) is 0 Å². The highest BCUT2D eigenvalue weighted by atomic mass is 19.4. The molecule has 8 nitrogen and oxygen atoms in total. The van der Waals surface area contributed by atoms with Crippen molar-refractivity contribution >= 4 is 28.2 Å². The molecular formula is C28H21F3N6O2. The number of urea groups is 1. The molecule has 0 fully saturated rings. The predicted octanol–water partition coefficient (Wildman–Crippen LogP) is 7.10. The lowest BCUT2D eigenvalue weighted by atomic mass is 10.1. The van der Waals surface area contributed by atoms with E-state index in [1.54, 1.807) is 42.6 Å². The van der Waals surface area contributed by atoms with Crippen LogP contribution in [-0.2, 0) is 12.6 Å². The molecule has 5 aromatic rings. The van der Waals surface area contributed by atoms with E-state index >= 15 is 0 Å². The van der Waals surface area contributed by atoms with Crippen LogP contribution in [0.5, 0.6) is 11.6 Å². The topological polar surface area (TPSA) is 102 Å². The van der Waals surface area contributed by atoms with E-state index in [0.717, 1.165) is 12.1 Å². The molecule has 0 aliphatic carbocycles. The Labute approximate surface area is 220 Å². The third-order valence-electron chi connectivity index (χ3n) is 5.74. The molecule has 0 aliphatic rings. The van der Waals surface area contributed by atoms with Crippen molar-refractivity contribution in [2.24, 2.45) is 0 Å². The molecule has 2 heterocycles. The Hall–Kier alpha value is -5.06. The van der Waals surface area contributed by atoms with Gasteiger partial charge in [0, 0.05) is 29.1 Å². The summed E-state index contributed by atoms with van der Waals surface area (Å²) in [7, 11) is 0. The van der Waals surface area contributed by atoms with Crippen molar-refractivity contribution in [3.05, 3.63) is 96.7 Å². The van der Waals surface area contributed by atoms with Crippen LogP contribution in [0.3, 0.4) is 0 Å². The van der Waals surface area contributed by atoms with Gasteiger partial charge in [-0.25, -0.2) is 24.7 Å². The number of ether oxygens (including phenoxy) is 1. The summed E-state index contributed by atoms with van der Waals surface area (Å²) in [6.07, 6.45) is -0.836. The minimum Gasteiger partial charge on any atom is -0.438 e. The molecule has 0 saturated heterocycles. The normalized spacial score (nSPS) is 11.3. The molecule has 0 saturated carbocycles. The van der Waals surface area contributed by atoms with Gasteiger partial charge in [-0.1, -0.05) is 37.3 Å². The molecular weight excluding hydrogens is 509 g/mol.